The van der Waals surface area contributed by atoms with Crippen LogP contribution in [-0.2, 0) is 0 Å². The molecule has 0 aromatic rings. The third kappa shape index (κ3) is 8.00. The predicted octanol–water partition coefficient (Wildman–Crippen LogP) is 2.09. The molecule has 78 valence electrons. The standard InChI is InChI=1S/C11H23NO/c1-4-6-8-10(3)12-9-11(13)7-5-2/h4,10-13H,1,5-9H2,2-3H3. The summed E-state index contributed by atoms with van der Waals surface area (Å²) < 4.78 is 0. The minimum atomic E-state index is -0.184. The number of nitrogens with one attached hydrogen (secondary N) is 1. The first-order chi connectivity index (χ1) is 6.20. The lowest BCUT2D eigenvalue weighted by molar-refractivity contribution is 0.156. The summed E-state index contributed by atoms with van der Waals surface area (Å²) in [5, 5.41) is 12.7. The normalized spacial score (nSPS) is 15.3. The van der Waals surface area contributed by atoms with Crippen LogP contribution in [0.1, 0.15) is 39.5 Å². The first kappa shape index (κ1) is 12.7. The fourth-order valence-electron chi connectivity index (χ4n) is 1.24. The van der Waals surface area contributed by atoms with Crippen LogP contribution >= 0.6 is 0 Å². The Morgan fingerprint density at radius 1 is 1.46 bits per heavy atom. The molecule has 0 rings (SSSR count). The summed E-state index contributed by atoms with van der Waals surface area (Å²) in [6, 6.07) is 0.476. The number of allylic oxidation sites excluding steroid dienone is 1. The van der Waals surface area contributed by atoms with Crippen molar-refractivity contribution in [1.82, 2.24) is 5.32 Å². The Hall–Kier alpha value is -0.340. The first-order valence-electron chi connectivity index (χ1n) is 5.23. The minimum absolute atomic E-state index is 0.184. The van der Waals surface area contributed by atoms with E-state index in [1.54, 1.807) is 0 Å². The van der Waals surface area contributed by atoms with Crippen LogP contribution in [-0.4, -0.2) is 23.8 Å². The van der Waals surface area contributed by atoms with Crippen molar-refractivity contribution in [2.24, 2.45) is 0 Å². The summed E-state index contributed by atoms with van der Waals surface area (Å²) >= 11 is 0. The second-order valence-electron chi connectivity index (χ2n) is 3.62. The van der Waals surface area contributed by atoms with E-state index in [0.29, 0.717) is 12.6 Å². The maximum absolute atomic E-state index is 9.44. The molecule has 0 aromatic heterocycles. The molecule has 0 heterocycles. The average Bonchev–Trinajstić information content (AvgIpc) is 2.12. The summed E-state index contributed by atoms with van der Waals surface area (Å²) in [6.45, 7) is 8.62. The first-order valence-corrected chi connectivity index (χ1v) is 5.23. The van der Waals surface area contributed by atoms with Gasteiger partial charge in [0.25, 0.3) is 0 Å². The molecule has 0 aliphatic rings. The highest BCUT2D eigenvalue weighted by atomic mass is 16.3. The van der Waals surface area contributed by atoms with Gasteiger partial charge in [0, 0.05) is 12.6 Å². The molecule has 13 heavy (non-hydrogen) atoms. The van der Waals surface area contributed by atoms with E-state index in [-0.39, 0.29) is 6.10 Å². The molecular formula is C11H23NO. The largest absolute Gasteiger partial charge is 0.392 e. The number of rotatable bonds is 8. The highest BCUT2D eigenvalue weighted by Crippen LogP contribution is 1.99. The van der Waals surface area contributed by atoms with Gasteiger partial charge >= 0.3 is 0 Å². The predicted molar refractivity (Wildman–Crippen MR) is 57.8 cm³/mol. The minimum Gasteiger partial charge on any atom is -0.392 e. The molecule has 2 heteroatoms. The van der Waals surface area contributed by atoms with Gasteiger partial charge in [0.15, 0.2) is 0 Å². The van der Waals surface area contributed by atoms with Gasteiger partial charge < -0.3 is 10.4 Å². The number of hydrogen-bond donors (Lipinski definition) is 2. The van der Waals surface area contributed by atoms with Crippen molar-refractivity contribution in [3.63, 3.8) is 0 Å². The monoisotopic (exact) mass is 185 g/mol. The van der Waals surface area contributed by atoms with E-state index in [2.05, 4.69) is 25.7 Å². The van der Waals surface area contributed by atoms with Gasteiger partial charge in [-0.25, -0.2) is 0 Å². The number of aliphatic hydroxyl groups excluding tert-OH is 1. The van der Waals surface area contributed by atoms with Crippen LogP contribution in [0.15, 0.2) is 12.7 Å². The molecule has 0 saturated carbocycles. The highest BCUT2D eigenvalue weighted by Gasteiger charge is 2.04. The molecule has 0 aromatic carbocycles. The average molecular weight is 185 g/mol. The summed E-state index contributed by atoms with van der Waals surface area (Å²) in [6.07, 6.45) is 5.82. The second-order valence-corrected chi connectivity index (χ2v) is 3.62. The molecule has 0 spiro atoms. The van der Waals surface area contributed by atoms with Gasteiger partial charge in [0.2, 0.25) is 0 Å². The smallest absolute Gasteiger partial charge is 0.0664 e. The van der Waals surface area contributed by atoms with Crippen LogP contribution in [0, 0.1) is 0 Å². The fraction of sp³-hybridized carbons (Fsp3) is 0.818. The molecule has 0 radical (unpaired) electrons. The molecule has 0 aliphatic heterocycles. The Labute approximate surface area is 82.0 Å². The zero-order valence-electron chi connectivity index (χ0n) is 8.92. The Kier molecular flexibility index (Phi) is 8.05. The van der Waals surface area contributed by atoms with E-state index in [0.717, 1.165) is 25.7 Å². The van der Waals surface area contributed by atoms with Gasteiger partial charge in [0.1, 0.15) is 0 Å². The van der Waals surface area contributed by atoms with Gasteiger partial charge in [-0.1, -0.05) is 19.4 Å². The van der Waals surface area contributed by atoms with Crippen LogP contribution in [0.3, 0.4) is 0 Å². The van der Waals surface area contributed by atoms with Crippen LogP contribution < -0.4 is 5.32 Å². The third-order valence-corrected chi connectivity index (χ3v) is 2.13. The molecule has 2 N–H and O–H groups in total. The molecule has 0 saturated heterocycles. The Morgan fingerprint density at radius 2 is 2.15 bits per heavy atom. The zero-order valence-corrected chi connectivity index (χ0v) is 8.92. The van der Waals surface area contributed by atoms with Crippen molar-refractivity contribution < 1.29 is 5.11 Å². The summed E-state index contributed by atoms with van der Waals surface area (Å²) in [7, 11) is 0. The fourth-order valence-corrected chi connectivity index (χ4v) is 1.24. The molecule has 2 nitrogen and oxygen atoms in total. The van der Waals surface area contributed by atoms with Crippen LogP contribution in [0.5, 0.6) is 0 Å². The molecular weight excluding hydrogens is 162 g/mol. The van der Waals surface area contributed by atoms with Crippen molar-refractivity contribution in [1.29, 1.82) is 0 Å². The lowest BCUT2D eigenvalue weighted by Gasteiger charge is -2.15. The molecule has 2 atom stereocenters. The Bertz CT molecular complexity index is 125. The topological polar surface area (TPSA) is 32.3 Å². The summed E-state index contributed by atoms with van der Waals surface area (Å²) in [5.41, 5.74) is 0. The summed E-state index contributed by atoms with van der Waals surface area (Å²) in [5.74, 6) is 0. The van der Waals surface area contributed by atoms with Crippen LogP contribution in [0.4, 0.5) is 0 Å². The Balaban J connectivity index is 3.33. The van der Waals surface area contributed by atoms with E-state index in [1.165, 1.54) is 0 Å². The number of hydrogen-bond acceptors (Lipinski definition) is 2. The second kappa shape index (κ2) is 8.27. The Morgan fingerprint density at radius 3 is 2.69 bits per heavy atom. The van der Waals surface area contributed by atoms with Gasteiger partial charge in [-0.05, 0) is 26.2 Å². The van der Waals surface area contributed by atoms with Gasteiger partial charge in [-0.15, -0.1) is 6.58 Å². The zero-order chi connectivity index (χ0) is 10.1. The maximum Gasteiger partial charge on any atom is 0.0664 e. The molecule has 0 amide bonds. The van der Waals surface area contributed by atoms with Crippen molar-refractivity contribution in [2.45, 2.75) is 51.7 Å². The van der Waals surface area contributed by atoms with E-state index in [1.807, 2.05) is 6.08 Å². The SMILES string of the molecule is C=CCCC(C)NCC(O)CCC. The van der Waals surface area contributed by atoms with Gasteiger partial charge in [-0.2, -0.15) is 0 Å². The van der Waals surface area contributed by atoms with Gasteiger partial charge in [-0.3, -0.25) is 0 Å². The van der Waals surface area contributed by atoms with E-state index in [4.69, 9.17) is 0 Å². The van der Waals surface area contributed by atoms with Crippen molar-refractivity contribution >= 4 is 0 Å². The summed E-state index contributed by atoms with van der Waals surface area (Å²) in [4.78, 5) is 0. The third-order valence-electron chi connectivity index (χ3n) is 2.13. The van der Waals surface area contributed by atoms with E-state index >= 15 is 0 Å². The van der Waals surface area contributed by atoms with Crippen LogP contribution in [0.2, 0.25) is 0 Å². The molecule has 0 fully saturated rings. The lowest BCUT2D eigenvalue weighted by Crippen LogP contribution is -2.33. The van der Waals surface area contributed by atoms with Crippen molar-refractivity contribution in [3.8, 4) is 0 Å². The van der Waals surface area contributed by atoms with Crippen LogP contribution in [0.25, 0.3) is 0 Å². The quantitative estimate of drug-likeness (QED) is 0.568. The molecule has 2 unspecified atom stereocenters. The van der Waals surface area contributed by atoms with Crippen molar-refractivity contribution in [2.75, 3.05) is 6.54 Å². The van der Waals surface area contributed by atoms with Gasteiger partial charge in [0.05, 0.1) is 6.10 Å². The lowest BCUT2D eigenvalue weighted by atomic mass is 10.1. The maximum atomic E-state index is 9.44. The number of aliphatic hydroxyl groups is 1. The highest BCUT2D eigenvalue weighted by molar-refractivity contribution is 4.72. The molecule has 0 aliphatic carbocycles. The van der Waals surface area contributed by atoms with E-state index in [9.17, 15) is 5.11 Å². The van der Waals surface area contributed by atoms with Crippen molar-refractivity contribution in [3.05, 3.63) is 12.7 Å². The molecule has 0 bridgehead atoms. The van der Waals surface area contributed by atoms with E-state index < -0.39 is 0 Å².